The number of furan rings is 1. The van der Waals surface area contributed by atoms with Crippen molar-refractivity contribution in [3.05, 3.63) is 182 Å². The van der Waals surface area contributed by atoms with E-state index in [0.29, 0.717) is 17.6 Å². The Morgan fingerprint density at radius 2 is 1.04 bits per heavy atom. The summed E-state index contributed by atoms with van der Waals surface area (Å²) < 4.78 is 8.87. The Morgan fingerprint density at radius 1 is 0.393 bits per heavy atom. The SMILES string of the molecule is c1ccc(-c2ccc3ccccc3c2-c2nc(-c3cc4ccccc4c4oc5ccccc5c34)nc(-n3c4ccccc4c4cc5ccccc5cc43)n2)cc1. The summed E-state index contributed by atoms with van der Waals surface area (Å²) in [5, 5.41) is 10.9. The first kappa shape index (κ1) is 30.8. The summed E-state index contributed by atoms with van der Waals surface area (Å²) in [5.41, 5.74) is 7.70. The summed E-state index contributed by atoms with van der Waals surface area (Å²) in [6, 6.07) is 63.8. The fraction of sp³-hybridized carbons (Fsp3) is 0. The number of para-hydroxylation sites is 2. The van der Waals surface area contributed by atoms with E-state index in [1.807, 2.05) is 12.1 Å². The van der Waals surface area contributed by atoms with Crippen LogP contribution in [0.4, 0.5) is 0 Å². The average molecular weight is 715 g/mol. The van der Waals surface area contributed by atoms with Gasteiger partial charge < -0.3 is 4.42 Å². The molecule has 5 heteroatoms. The van der Waals surface area contributed by atoms with Crippen LogP contribution in [-0.2, 0) is 0 Å². The van der Waals surface area contributed by atoms with Gasteiger partial charge in [-0.05, 0) is 68.4 Å². The molecule has 5 nitrogen and oxygen atoms in total. The zero-order valence-electron chi connectivity index (χ0n) is 30.0. The van der Waals surface area contributed by atoms with E-state index >= 15 is 0 Å². The zero-order chi connectivity index (χ0) is 36.7. The standard InChI is InChI=1S/C51H30N4O/c1-2-14-31(15-3-1)37-27-26-32-16-6-8-20-36(32)47(37)50-52-49(42-29-35-19-7-9-21-38(35)48-46(42)40-23-11-13-25-45(40)56-48)53-51(54-50)55-43-24-12-10-22-39(43)41-28-33-17-4-5-18-34(33)30-44(41)55/h1-30H. The second-order valence-electron chi connectivity index (χ2n) is 14.4. The van der Waals surface area contributed by atoms with Gasteiger partial charge in [0.25, 0.3) is 0 Å². The lowest BCUT2D eigenvalue weighted by Crippen LogP contribution is -2.07. The highest BCUT2D eigenvalue weighted by Gasteiger charge is 2.24. The summed E-state index contributed by atoms with van der Waals surface area (Å²) in [6.45, 7) is 0. The second kappa shape index (κ2) is 11.9. The molecule has 12 rings (SSSR count). The topological polar surface area (TPSA) is 56.7 Å². The average Bonchev–Trinajstić information content (AvgIpc) is 3.81. The maximum atomic E-state index is 6.66. The van der Waals surface area contributed by atoms with Crippen LogP contribution < -0.4 is 0 Å². The summed E-state index contributed by atoms with van der Waals surface area (Å²) >= 11 is 0. The van der Waals surface area contributed by atoms with Gasteiger partial charge in [-0.25, -0.2) is 4.98 Å². The third kappa shape index (κ3) is 4.58. The maximum absolute atomic E-state index is 6.66. The normalized spacial score (nSPS) is 11.9. The highest BCUT2D eigenvalue weighted by atomic mass is 16.3. The lowest BCUT2D eigenvalue weighted by molar-refractivity contribution is 0.672. The minimum atomic E-state index is 0.549. The van der Waals surface area contributed by atoms with Crippen LogP contribution in [0.15, 0.2) is 186 Å². The Bertz CT molecular complexity index is 3540. The Balaban J connectivity index is 1.26. The van der Waals surface area contributed by atoms with E-state index in [1.165, 1.54) is 5.39 Å². The lowest BCUT2D eigenvalue weighted by Gasteiger charge is -2.16. The predicted octanol–water partition coefficient (Wildman–Crippen LogP) is 13.3. The van der Waals surface area contributed by atoms with Gasteiger partial charge in [-0.3, -0.25) is 4.57 Å². The summed E-state index contributed by atoms with van der Waals surface area (Å²) in [5.74, 6) is 1.72. The Labute approximate surface area is 320 Å². The van der Waals surface area contributed by atoms with Gasteiger partial charge in [0, 0.05) is 38.1 Å². The van der Waals surface area contributed by atoms with Crippen molar-refractivity contribution in [2.45, 2.75) is 0 Å². The van der Waals surface area contributed by atoms with Crippen molar-refractivity contribution in [1.29, 1.82) is 0 Å². The number of rotatable bonds is 4. The molecule has 3 aromatic heterocycles. The van der Waals surface area contributed by atoms with Crippen LogP contribution in [0.25, 0.3) is 116 Å². The minimum Gasteiger partial charge on any atom is -0.455 e. The van der Waals surface area contributed by atoms with Gasteiger partial charge in [-0.1, -0.05) is 152 Å². The van der Waals surface area contributed by atoms with Crippen LogP contribution in [0.5, 0.6) is 0 Å². The predicted molar refractivity (Wildman–Crippen MR) is 230 cm³/mol. The fourth-order valence-corrected chi connectivity index (χ4v) is 8.67. The number of fused-ring (bicyclic) bond motifs is 10. The van der Waals surface area contributed by atoms with Crippen LogP contribution in [0.3, 0.4) is 0 Å². The van der Waals surface area contributed by atoms with Crippen LogP contribution in [0.1, 0.15) is 0 Å². The van der Waals surface area contributed by atoms with Crippen molar-refractivity contribution >= 4 is 76.1 Å². The molecule has 0 atom stereocenters. The van der Waals surface area contributed by atoms with Crippen LogP contribution in [-0.4, -0.2) is 19.5 Å². The zero-order valence-corrected chi connectivity index (χ0v) is 30.0. The van der Waals surface area contributed by atoms with Gasteiger partial charge >= 0.3 is 0 Å². The molecular weight excluding hydrogens is 685 g/mol. The molecule has 12 aromatic rings. The molecule has 0 aliphatic rings. The Kier molecular flexibility index (Phi) is 6.56. The van der Waals surface area contributed by atoms with Gasteiger partial charge in [0.1, 0.15) is 11.2 Å². The summed E-state index contributed by atoms with van der Waals surface area (Å²) in [7, 11) is 0. The Morgan fingerprint density at radius 3 is 1.88 bits per heavy atom. The maximum Gasteiger partial charge on any atom is 0.238 e. The monoisotopic (exact) mass is 714 g/mol. The van der Waals surface area contributed by atoms with E-state index in [2.05, 4.69) is 174 Å². The molecule has 0 bridgehead atoms. The lowest BCUT2D eigenvalue weighted by atomic mass is 9.93. The van der Waals surface area contributed by atoms with E-state index in [-0.39, 0.29) is 0 Å². The van der Waals surface area contributed by atoms with E-state index < -0.39 is 0 Å². The highest BCUT2D eigenvalue weighted by molar-refractivity contribution is 6.21. The summed E-state index contributed by atoms with van der Waals surface area (Å²) in [6.07, 6.45) is 0. The molecule has 3 heterocycles. The van der Waals surface area contributed by atoms with Gasteiger partial charge in [0.15, 0.2) is 11.6 Å². The first-order valence-corrected chi connectivity index (χ1v) is 18.9. The molecule has 0 N–H and O–H groups in total. The molecule has 0 aliphatic carbocycles. The molecule has 0 fully saturated rings. The third-order valence-electron chi connectivity index (χ3n) is 11.2. The fourth-order valence-electron chi connectivity index (χ4n) is 8.67. The van der Waals surface area contributed by atoms with E-state index in [4.69, 9.17) is 19.4 Å². The molecule has 56 heavy (non-hydrogen) atoms. The summed E-state index contributed by atoms with van der Waals surface area (Å²) in [4.78, 5) is 16.5. The minimum absolute atomic E-state index is 0.549. The molecular formula is C51H30N4O. The molecule has 0 unspecified atom stereocenters. The largest absolute Gasteiger partial charge is 0.455 e. The highest BCUT2D eigenvalue weighted by Crippen LogP contribution is 2.43. The van der Waals surface area contributed by atoms with Crippen LogP contribution in [0, 0.1) is 0 Å². The van der Waals surface area contributed by atoms with Gasteiger partial charge in [0.05, 0.1) is 11.0 Å². The number of nitrogens with zero attached hydrogens (tertiary/aromatic N) is 4. The smallest absolute Gasteiger partial charge is 0.238 e. The third-order valence-corrected chi connectivity index (χ3v) is 11.2. The number of hydrogen-bond acceptors (Lipinski definition) is 4. The van der Waals surface area contributed by atoms with Crippen LogP contribution in [0.2, 0.25) is 0 Å². The first-order valence-electron chi connectivity index (χ1n) is 18.9. The molecule has 0 saturated heterocycles. The Hall–Kier alpha value is -7.63. The van der Waals surface area contributed by atoms with E-state index in [0.717, 1.165) is 92.9 Å². The van der Waals surface area contributed by atoms with E-state index in [1.54, 1.807) is 0 Å². The number of hydrogen-bond donors (Lipinski definition) is 0. The first-order chi connectivity index (χ1) is 27.8. The molecule has 0 spiro atoms. The molecule has 260 valence electrons. The van der Waals surface area contributed by atoms with Gasteiger partial charge in [0.2, 0.25) is 5.95 Å². The van der Waals surface area contributed by atoms with Crippen molar-refractivity contribution in [2.24, 2.45) is 0 Å². The molecule has 9 aromatic carbocycles. The van der Waals surface area contributed by atoms with E-state index in [9.17, 15) is 0 Å². The van der Waals surface area contributed by atoms with Crippen molar-refractivity contribution in [1.82, 2.24) is 19.5 Å². The van der Waals surface area contributed by atoms with Gasteiger partial charge in [-0.2, -0.15) is 9.97 Å². The molecule has 0 amide bonds. The van der Waals surface area contributed by atoms with Crippen molar-refractivity contribution in [3.8, 4) is 39.9 Å². The van der Waals surface area contributed by atoms with Crippen molar-refractivity contribution in [2.75, 3.05) is 0 Å². The van der Waals surface area contributed by atoms with Crippen molar-refractivity contribution in [3.63, 3.8) is 0 Å². The van der Waals surface area contributed by atoms with Crippen molar-refractivity contribution < 1.29 is 4.42 Å². The van der Waals surface area contributed by atoms with Crippen LogP contribution >= 0.6 is 0 Å². The molecule has 0 aliphatic heterocycles. The quantitative estimate of drug-likeness (QED) is 0.182. The molecule has 0 radical (unpaired) electrons. The van der Waals surface area contributed by atoms with Gasteiger partial charge in [-0.15, -0.1) is 0 Å². The molecule has 0 saturated carbocycles. The number of aromatic nitrogens is 4. The second-order valence-corrected chi connectivity index (χ2v) is 14.4. The number of benzene rings is 9.